The number of hydrogen-bond acceptors (Lipinski definition) is 3. The number of alkyl halides is 6. The number of aromatic nitrogens is 2. The summed E-state index contributed by atoms with van der Waals surface area (Å²) in [6.07, 6.45) is -7.87. The Hall–Kier alpha value is -3.50. The van der Waals surface area contributed by atoms with Crippen molar-refractivity contribution in [1.82, 2.24) is 9.78 Å². The number of halogens is 6. The number of nitrogens with zero attached hydrogens (tertiary/aromatic N) is 2. The number of carbonyl (C=O) groups excluding carboxylic acids is 1. The van der Waals surface area contributed by atoms with Gasteiger partial charge in [0.05, 0.1) is 16.8 Å². The van der Waals surface area contributed by atoms with Crippen molar-refractivity contribution in [3.05, 3.63) is 77.6 Å². The van der Waals surface area contributed by atoms with Crippen molar-refractivity contribution in [2.45, 2.75) is 19.1 Å². The van der Waals surface area contributed by atoms with Gasteiger partial charge in [0.2, 0.25) is 0 Å². The summed E-state index contributed by atoms with van der Waals surface area (Å²) < 4.78 is 83.5. The van der Waals surface area contributed by atoms with Gasteiger partial charge in [-0.3, -0.25) is 4.79 Å². The van der Waals surface area contributed by atoms with Gasteiger partial charge in [0, 0.05) is 6.20 Å². The number of anilines is 1. The normalized spacial score (nSPS) is 11.9. The van der Waals surface area contributed by atoms with Gasteiger partial charge in [0.1, 0.15) is 5.75 Å². The molecule has 3 aromatic rings. The van der Waals surface area contributed by atoms with Crippen LogP contribution in [0, 0.1) is 0 Å². The van der Waals surface area contributed by atoms with Crippen LogP contribution in [0.3, 0.4) is 0 Å². The summed E-state index contributed by atoms with van der Waals surface area (Å²) in [6, 6.07) is 9.91. The molecule has 0 aliphatic heterocycles. The molecule has 0 saturated heterocycles. The maximum atomic E-state index is 13.0. The first-order valence-electron chi connectivity index (χ1n) is 8.35. The Morgan fingerprint density at radius 1 is 0.967 bits per heavy atom. The fourth-order valence-electron chi connectivity index (χ4n) is 2.48. The molecule has 0 atom stereocenters. The third-order valence-corrected chi connectivity index (χ3v) is 3.88. The van der Waals surface area contributed by atoms with Crippen LogP contribution in [0.2, 0.25) is 0 Å². The molecule has 11 heteroatoms. The van der Waals surface area contributed by atoms with Gasteiger partial charge in [0.25, 0.3) is 5.91 Å². The second kappa shape index (κ2) is 8.09. The molecule has 0 bridgehead atoms. The second-order valence-corrected chi connectivity index (χ2v) is 6.04. The Bertz CT molecular complexity index is 1040. The van der Waals surface area contributed by atoms with Gasteiger partial charge in [0.15, 0.2) is 12.4 Å². The quantitative estimate of drug-likeness (QED) is 0.567. The van der Waals surface area contributed by atoms with Crippen LogP contribution in [-0.2, 0) is 19.1 Å². The fraction of sp³-hybridized carbons (Fsp3) is 0.158. The summed E-state index contributed by atoms with van der Waals surface area (Å²) in [5.74, 6) is -0.949. The minimum Gasteiger partial charge on any atom is -0.471 e. The molecule has 1 amide bonds. The molecule has 0 aliphatic carbocycles. The van der Waals surface area contributed by atoms with Crippen molar-refractivity contribution < 1.29 is 35.9 Å². The third kappa shape index (κ3) is 5.10. The van der Waals surface area contributed by atoms with Crippen LogP contribution < -0.4 is 10.1 Å². The Kier molecular flexibility index (Phi) is 5.72. The van der Waals surface area contributed by atoms with Crippen LogP contribution in [0.1, 0.15) is 21.6 Å². The first kappa shape index (κ1) is 21.2. The second-order valence-electron chi connectivity index (χ2n) is 6.04. The molecule has 0 spiro atoms. The van der Waals surface area contributed by atoms with E-state index in [1.54, 1.807) is 0 Å². The van der Waals surface area contributed by atoms with Crippen molar-refractivity contribution in [2.75, 3.05) is 5.32 Å². The van der Waals surface area contributed by atoms with Gasteiger partial charge in [-0.2, -0.15) is 31.4 Å². The summed E-state index contributed by atoms with van der Waals surface area (Å²) in [4.78, 5) is 12.2. The van der Waals surface area contributed by atoms with Crippen LogP contribution in [0.25, 0.3) is 0 Å². The van der Waals surface area contributed by atoms with E-state index in [2.05, 4.69) is 10.4 Å². The van der Waals surface area contributed by atoms with Gasteiger partial charge in [-0.05, 0) is 36.4 Å². The van der Waals surface area contributed by atoms with Gasteiger partial charge >= 0.3 is 12.4 Å². The fourth-order valence-corrected chi connectivity index (χ4v) is 2.48. The summed E-state index contributed by atoms with van der Waals surface area (Å²) in [6.45, 7) is -0.312. The minimum absolute atomic E-state index is 0.0644. The molecule has 2 aromatic carbocycles. The zero-order valence-corrected chi connectivity index (χ0v) is 15.0. The van der Waals surface area contributed by atoms with Crippen molar-refractivity contribution in [2.24, 2.45) is 0 Å². The van der Waals surface area contributed by atoms with E-state index in [-0.39, 0.29) is 18.2 Å². The van der Waals surface area contributed by atoms with Gasteiger partial charge in [-0.1, -0.05) is 18.2 Å². The average molecular weight is 429 g/mol. The lowest BCUT2D eigenvalue weighted by atomic mass is 10.1. The van der Waals surface area contributed by atoms with E-state index in [0.717, 1.165) is 28.9 Å². The minimum atomic E-state index is -4.65. The molecule has 0 radical (unpaired) electrons. The maximum absolute atomic E-state index is 13.0. The standard InChI is InChI=1S/C19H13F6N3O2/c20-18(21,22)12-4-3-5-13(10-12)30-11-28-9-8-16(27-28)17(29)26-15-7-2-1-6-14(15)19(23,24)25/h1-10H,11H2,(H,26,29). The Morgan fingerprint density at radius 3 is 2.40 bits per heavy atom. The average Bonchev–Trinajstić information content (AvgIpc) is 3.15. The lowest BCUT2D eigenvalue weighted by Gasteiger charge is -2.12. The number of carbonyl (C=O) groups is 1. The van der Waals surface area contributed by atoms with E-state index >= 15 is 0 Å². The Balaban J connectivity index is 1.67. The number of ether oxygens (including phenoxy) is 1. The smallest absolute Gasteiger partial charge is 0.418 e. The molecule has 1 aromatic heterocycles. The van der Waals surface area contributed by atoms with Crippen LogP contribution in [0.5, 0.6) is 5.75 Å². The lowest BCUT2D eigenvalue weighted by Crippen LogP contribution is -2.17. The zero-order valence-electron chi connectivity index (χ0n) is 15.0. The molecule has 0 unspecified atom stereocenters. The van der Waals surface area contributed by atoms with Crippen LogP contribution in [0.4, 0.5) is 32.0 Å². The highest BCUT2D eigenvalue weighted by Crippen LogP contribution is 2.34. The predicted molar refractivity (Wildman–Crippen MR) is 93.7 cm³/mol. The van der Waals surface area contributed by atoms with E-state index in [1.807, 2.05) is 0 Å². The number of para-hydroxylation sites is 1. The van der Waals surface area contributed by atoms with Gasteiger partial charge in [-0.15, -0.1) is 0 Å². The molecule has 0 fully saturated rings. The monoisotopic (exact) mass is 429 g/mol. The molecule has 158 valence electrons. The number of rotatable bonds is 5. The largest absolute Gasteiger partial charge is 0.471 e. The van der Waals surface area contributed by atoms with Crippen LogP contribution in [0.15, 0.2) is 60.8 Å². The van der Waals surface area contributed by atoms with Crippen molar-refractivity contribution in [1.29, 1.82) is 0 Å². The zero-order chi connectivity index (χ0) is 21.9. The molecule has 5 nitrogen and oxygen atoms in total. The molecule has 30 heavy (non-hydrogen) atoms. The van der Waals surface area contributed by atoms with E-state index in [4.69, 9.17) is 4.74 Å². The van der Waals surface area contributed by atoms with E-state index < -0.39 is 35.1 Å². The molecule has 3 rings (SSSR count). The first-order chi connectivity index (χ1) is 14.0. The summed E-state index contributed by atoms with van der Waals surface area (Å²) in [5.41, 5.74) is -2.51. The van der Waals surface area contributed by atoms with Crippen LogP contribution >= 0.6 is 0 Å². The first-order valence-corrected chi connectivity index (χ1v) is 8.35. The van der Waals surface area contributed by atoms with Crippen molar-refractivity contribution in [3.8, 4) is 5.75 Å². The predicted octanol–water partition coefficient (Wildman–Crippen LogP) is 5.21. The number of nitrogens with one attached hydrogen (secondary N) is 1. The molecular weight excluding hydrogens is 416 g/mol. The Morgan fingerprint density at radius 2 is 1.70 bits per heavy atom. The lowest BCUT2D eigenvalue weighted by molar-refractivity contribution is -0.138. The highest BCUT2D eigenvalue weighted by molar-refractivity contribution is 6.03. The van der Waals surface area contributed by atoms with Crippen LogP contribution in [-0.4, -0.2) is 15.7 Å². The van der Waals surface area contributed by atoms with Gasteiger partial charge < -0.3 is 10.1 Å². The number of hydrogen-bond donors (Lipinski definition) is 1. The number of benzene rings is 2. The molecular formula is C19H13F6N3O2. The van der Waals surface area contributed by atoms with Crippen molar-refractivity contribution >= 4 is 11.6 Å². The summed E-state index contributed by atoms with van der Waals surface area (Å²) in [7, 11) is 0. The summed E-state index contributed by atoms with van der Waals surface area (Å²) >= 11 is 0. The summed E-state index contributed by atoms with van der Waals surface area (Å²) in [5, 5.41) is 6.00. The topological polar surface area (TPSA) is 56.2 Å². The SMILES string of the molecule is O=C(Nc1ccccc1C(F)(F)F)c1ccn(COc2cccc(C(F)(F)F)c2)n1. The van der Waals surface area contributed by atoms with Gasteiger partial charge in [-0.25, -0.2) is 4.68 Å². The molecule has 0 saturated carbocycles. The van der Waals surface area contributed by atoms with E-state index in [1.165, 1.54) is 36.5 Å². The molecule has 0 aliphatic rings. The van der Waals surface area contributed by atoms with E-state index in [0.29, 0.717) is 0 Å². The molecule has 1 heterocycles. The van der Waals surface area contributed by atoms with E-state index in [9.17, 15) is 31.1 Å². The highest BCUT2D eigenvalue weighted by atomic mass is 19.4. The molecule has 1 N–H and O–H groups in total. The Labute approximate surface area is 165 Å². The van der Waals surface area contributed by atoms with Crippen molar-refractivity contribution in [3.63, 3.8) is 0 Å². The highest BCUT2D eigenvalue weighted by Gasteiger charge is 2.34. The maximum Gasteiger partial charge on any atom is 0.418 e. The number of amides is 1. The third-order valence-electron chi connectivity index (χ3n) is 3.88.